The second kappa shape index (κ2) is 8.24. The van der Waals surface area contributed by atoms with E-state index < -0.39 is 0 Å². The maximum Gasteiger partial charge on any atom is 0.323 e. The van der Waals surface area contributed by atoms with Gasteiger partial charge in [0.25, 0.3) is 0 Å². The molecule has 0 spiro atoms. The molecule has 5 heteroatoms. The molecule has 0 aromatic heterocycles. The summed E-state index contributed by atoms with van der Waals surface area (Å²) in [5, 5.41) is 5.81. The van der Waals surface area contributed by atoms with Crippen LogP contribution in [0.3, 0.4) is 0 Å². The average Bonchev–Trinajstić information content (AvgIpc) is 2.62. The van der Waals surface area contributed by atoms with Crippen LogP contribution in [0.4, 0.5) is 16.2 Å². The number of rotatable bonds is 6. The second-order valence-electron chi connectivity index (χ2n) is 5.30. The third kappa shape index (κ3) is 3.98. The summed E-state index contributed by atoms with van der Waals surface area (Å²) in [5.41, 5.74) is 3.70. The van der Waals surface area contributed by atoms with Gasteiger partial charge >= 0.3 is 6.03 Å². The molecule has 0 saturated carbocycles. The smallest absolute Gasteiger partial charge is 0.323 e. The van der Waals surface area contributed by atoms with Crippen LogP contribution in [0.1, 0.15) is 25.0 Å². The van der Waals surface area contributed by atoms with Gasteiger partial charge in [0, 0.05) is 11.8 Å². The first-order valence-corrected chi connectivity index (χ1v) is 8.03. The van der Waals surface area contributed by atoms with Crippen LogP contribution in [-0.2, 0) is 12.8 Å². The summed E-state index contributed by atoms with van der Waals surface area (Å²) in [4.78, 5) is 12.4. The van der Waals surface area contributed by atoms with Crippen LogP contribution in [0, 0.1) is 0 Å². The molecular formula is C19H24N2O3. The first-order chi connectivity index (χ1) is 11.6. The van der Waals surface area contributed by atoms with E-state index in [-0.39, 0.29) is 6.03 Å². The van der Waals surface area contributed by atoms with Crippen molar-refractivity contribution in [2.24, 2.45) is 0 Å². The molecule has 0 fully saturated rings. The molecule has 0 saturated heterocycles. The highest BCUT2D eigenvalue weighted by molar-refractivity contribution is 6.01. The van der Waals surface area contributed by atoms with E-state index in [1.54, 1.807) is 32.4 Å². The Kier molecular flexibility index (Phi) is 6.07. The summed E-state index contributed by atoms with van der Waals surface area (Å²) in [6.45, 7) is 4.15. The maximum absolute atomic E-state index is 12.4. The molecule has 0 heterocycles. The Morgan fingerprint density at radius 1 is 0.958 bits per heavy atom. The highest BCUT2D eigenvalue weighted by Crippen LogP contribution is 2.29. The second-order valence-corrected chi connectivity index (χ2v) is 5.30. The van der Waals surface area contributed by atoms with Crippen LogP contribution in [-0.4, -0.2) is 20.3 Å². The molecule has 2 amide bonds. The first kappa shape index (κ1) is 17.7. The number of anilines is 2. The van der Waals surface area contributed by atoms with E-state index in [1.165, 1.54) is 0 Å². The number of methoxy groups -OCH3 is 2. The molecule has 2 aromatic rings. The van der Waals surface area contributed by atoms with Crippen molar-refractivity contribution in [2.75, 3.05) is 24.9 Å². The van der Waals surface area contributed by atoms with Gasteiger partial charge in [0.1, 0.15) is 11.5 Å². The molecule has 5 nitrogen and oxygen atoms in total. The average molecular weight is 328 g/mol. The molecule has 2 rings (SSSR count). The molecule has 2 aromatic carbocycles. The minimum atomic E-state index is -0.297. The van der Waals surface area contributed by atoms with Gasteiger partial charge < -0.3 is 20.1 Å². The van der Waals surface area contributed by atoms with Gasteiger partial charge in [-0.15, -0.1) is 0 Å². The van der Waals surface area contributed by atoms with Crippen LogP contribution in [0.5, 0.6) is 11.5 Å². The van der Waals surface area contributed by atoms with Crippen molar-refractivity contribution < 1.29 is 14.3 Å². The van der Waals surface area contributed by atoms with Crippen LogP contribution in [0.25, 0.3) is 0 Å². The van der Waals surface area contributed by atoms with E-state index in [0.29, 0.717) is 17.2 Å². The Labute approximate surface area is 143 Å². The van der Waals surface area contributed by atoms with Crippen LogP contribution >= 0.6 is 0 Å². The van der Waals surface area contributed by atoms with Gasteiger partial charge in [0.2, 0.25) is 0 Å². The molecule has 0 atom stereocenters. The molecule has 0 aliphatic heterocycles. The fraction of sp³-hybridized carbons (Fsp3) is 0.316. The molecule has 0 bridgehead atoms. The van der Waals surface area contributed by atoms with Gasteiger partial charge in [-0.3, -0.25) is 0 Å². The summed E-state index contributed by atoms with van der Waals surface area (Å²) in [7, 11) is 3.14. The summed E-state index contributed by atoms with van der Waals surface area (Å²) >= 11 is 0. The Bertz CT molecular complexity index is 692. The number of carbonyl (C=O) groups is 1. The van der Waals surface area contributed by atoms with Crippen LogP contribution in [0.2, 0.25) is 0 Å². The number of nitrogens with one attached hydrogen (secondary N) is 2. The number of benzene rings is 2. The van der Waals surface area contributed by atoms with Gasteiger partial charge in [-0.05, 0) is 36.1 Å². The number of ether oxygens (including phenoxy) is 2. The van der Waals surface area contributed by atoms with Gasteiger partial charge in [-0.2, -0.15) is 0 Å². The minimum absolute atomic E-state index is 0.297. The van der Waals surface area contributed by atoms with Crippen molar-refractivity contribution in [1.29, 1.82) is 0 Å². The van der Waals surface area contributed by atoms with Crippen molar-refractivity contribution in [1.82, 2.24) is 0 Å². The molecule has 0 radical (unpaired) electrons. The van der Waals surface area contributed by atoms with Crippen LogP contribution in [0.15, 0.2) is 36.4 Å². The van der Waals surface area contributed by atoms with Crippen molar-refractivity contribution in [2.45, 2.75) is 26.7 Å². The molecule has 0 unspecified atom stereocenters. The number of amides is 2. The van der Waals surface area contributed by atoms with Crippen LogP contribution < -0.4 is 20.1 Å². The fourth-order valence-electron chi connectivity index (χ4n) is 2.57. The lowest BCUT2D eigenvalue weighted by Gasteiger charge is -2.16. The first-order valence-electron chi connectivity index (χ1n) is 8.03. The SMILES string of the molecule is CCc1cccc(CC)c1NC(=O)Nc1ccc(OC)cc1OC. The number of para-hydroxylation sites is 1. The number of hydrogen-bond donors (Lipinski definition) is 2. The Morgan fingerprint density at radius 2 is 1.62 bits per heavy atom. The Morgan fingerprint density at radius 3 is 2.17 bits per heavy atom. The summed E-state index contributed by atoms with van der Waals surface area (Å²) < 4.78 is 10.5. The van der Waals surface area contributed by atoms with E-state index in [1.807, 2.05) is 18.2 Å². The standard InChI is InChI=1S/C19H24N2O3/c1-5-13-8-7-9-14(6-2)18(13)21-19(22)20-16-11-10-15(23-3)12-17(16)24-4/h7-12H,5-6H2,1-4H3,(H2,20,21,22). The third-order valence-corrected chi connectivity index (χ3v) is 3.89. The van der Waals surface area contributed by atoms with Gasteiger partial charge in [0.15, 0.2) is 0 Å². The molecule has 24 heavy (non-hydrogen) atoms. The lowest BCUT2D eigenvalue weighted by atomic mass is 10.0. The normalized spacial score (nSPS) is 10.2. The Balaban J connectivity index is 2.20. The largest absolute Gasteiger partial charge is 0.497 e. The summed E-state index contributed by atoms with van der Waals surface area (Å²) in [6, 6.07) is 11.0. The molecule has 0 aliphatic rings. The lowest BCUT2D eigenvalue weighted by Crippen LogP contribution is -2.21. The highest BCUT2D eigenvalue weighted by Gasteiger charge is 2.12. The quantitative estimate of drug-likeness (QED) is 0.822. The van der Waals surface area contributed by atoms with Gasteiger partial charge in [-0.1, -0.05) is 32.0 Å². The maximum atomic E-state index is 12.4. The van der Waals surface area contributed by atoms with Gasteiger partial charge in [0.05, 0.1) is 19.9 Å². The van der Waals surface area contributed by atoms with Crippen molar-refractivity contribution in [3.8, 4) is 11.5 Å². The van der Waals surface area contributed by atoms with E-state index in [2.05, 4.69) is 24.5 Å². The topological polar surface area (TPSA) is 59.6 Å². The monoisotopic (exact) mass is 328 g/mol. The van der Waals surface area contributed by atoms with Crippen molar-refractivity contribution in [3.63, 3.8) is 0 Å². The zero-order valence-corrected chi connectivity index (χ0v) is 14.6. The van der Waals surface area contributed by atoms with Gasteiger partial charge in [-0.25, -0.2) is 4.79 Å². The predicted molar refractivity (Wildman–Crippen MR) is 97.4 cm³/mol. The zero-order valence-electron chi connectivity index (χ0n) is 14.6. The lowest BCUT2D eigenvalue weighted by molar-refractivity contribution is 0.262. The van der Waals surface area contributed by atoms with E-state index in [4.69, 9.17) is 9.47 Å². The summed E-state index contributed by atoms with van der Waals surface area (Å²) in [5.74, 6) is 1.21. The van der Waals surface area contributed by atoms with E-state index in [9.17, 15) is 4.79 Å². The van der Waals surface area contributed by atoms with Crippen molar-refractivity contribution in [3.05, 3.63) is 47.5 Å². The highest BCUT2D eigenvalue weighted by atomic mass is 16.5. The minimum Gasteiger partial charge on any atom is -0.497 e. The Hall–Kier alpha value is -2.69. The third-order valence-electron chi connectivity index (χ3n) is 3.89. The number of hydrogen-bond acceptors (Lipinski definition) is 3. The van der Waals surface area contributed by atoms with E-state index in [0.717, 1.165) is 29.7 Å². The van der Waals surface area contributed by atoms with Crippen molar-refractivity contribution >= 4 is 17.4 Å². The number of carbonyl (C=O) groups excluding carboxylic acids is 1. The summed E-state index contributed by atoms with van der Waals surface area (Å²) in [6.07, 6.45) is 1.71. The number of aryl methyl sites for hydroxylation is 2. The predicted octanol–water partition coefficient (Wildman–Crippen LogP) is 4.47. The molecule has 0 aliphatic carbocycles. The number of urea groups is 1. The van der Waals surface area contributed by atoms with E-state index >= 15 is 0 Å². The fourth-order valence-corrected chi connectivity index (χ4v) is 2.57. The molecule has 128 valence electrons. The molecular weight excluding hydrogens is 304 g/mol. The molecule has 2 N–H and O–H groups in total. The zero-order chi connectivity index (χ0) is 17.5.